The Labute approximate surface area is 203 Å². The fourth-order valence-electron chi connectivity index (χ4n) is 2.99. The van der Waals surface area contributed by atoms with Crippen LogP contribution < -0.4 is 10.1 Å². The maximum atomic E-state index is 14.0. The maximum Gasteiger partial charge on any atom is 0.266 e. The summed E-state index contributed by atoms with van der Waals surface area (Å²) in [5.74, 6) is -0.510. The summed E-state index contributed by atoms with van der Waals surface area (Å²) in [6.07, 6.45) is 1.45. The second-order valence-electron chi connectivity index (χ2n) is 7.06. The summed E-state index contributed by atoms with van der Waals surface area (Å²) < 4.78 is 21.2. The number of nitrogens with zero attached hydrogens (tertiary/aromatic N) is 1. The van der Waals surface area contributed by atoms with Crippen LogP contribution >= 0.6 is 31.9 Å². The van der Waals surface area contributed by atoms with Crippen molar-refractivity contribution in [3.05, 3.63) is 97.2 Å². The lowest BCUT2D eigenvalue weighted by Gasteiger charge is -2.14. The van der Waals surface area contributed by atoms with Crippen molar-refractivity contribution in [1.29, 1.82) is 5.26 Å². The zero-order valence-electron chi connectivity index (χ0n) is 17.4. The van der Waals surface area contributed by atoms with E-state index in [0.717, 1.165) is 15.6 Å². The molecule has 0 unspecified atom stereocenters. The highest BCUT2D eigenvalue weighted by Crippen LogP contribution is 2.35. The Kier molecular flexibility index (Phi) is 7.84. The molecule has 0 atom stereocenters. The molecule has 32 heavy (non-hydrogen) atoms. The highest BCUT2D eigenvalue weighted by molar-refractivity contribution is 9.11. The van der Waals surface area contributed by atoms with Crippen molar-refractivity contribution in [2.24, 2.45) is 0 Å². The third kappa shape index (κ3) is 5.64. The largest absolute Gasteiger partial charge is 0.487 e. The first-order chi connectivity index (χ1) is 15.3. The Morgan fingerprint density at radius 3 is 2.62 bits per heavy atom. The number of ether oxygens (including phenoxy) is 1. The van der Waals surface area contributed by atoms with E-state index in [4.69, 9.17) is 4.74 Å². The molecular weight excluding hydrogens is 539 g/mol. The van der Waals surface area contributed by atoms with Crippen molar-refractivity contribution in [1.82, 2.24) is 0 Å². The topological polar surface area (TPSA) is 62.1 Å². The Balaban J connectivity index is 1.92. The van der Waals surface area contributed by atoms with Crippen molar-refractivity contribution < 1.29 is 13.9 Å². The van der Waals surface area contributed by atoms with Crippen molar-refractivity contribution in [2.45, 2.75) is 20.5 Å². The number of hydrogen-bond donors (Lipinski definition) is 1. The molecule has 3 aromatic rings. The Morgan fingerprint density at radius 1 is 1.16 bits per heavy atom. The molecule has 162 valence electrons. The van der Waals surface area contributed by atoms with E-state index >= 15 is 0 Å². The lowest BCUT2D eigenvalue weighted by atomic mass is 10.1. The van der Waals surface area contributed by atoms with Crippen LogP contribution in [0.2, 0.25) is 0 Å². The second kappa shape index (κ2) is 10.6. The normalized spacial score (nSPS) is 11.1. The molecule has 0 aliphatic rings. The Hall–Kier alpha value is -2.95. The third-order valence-corrected chi connectivity index (χ3v) is 5.93. The lowest BCUT2D eigenvalue weighted by Crippen LogP contribution is -2.14. The van der Waals surface area contributed by atoms with Gasteiger partial charge in [-0.2, -0.15) is 5.26 Å². The van der Waals surface area contributed by atoms with Gasteiger partial charge in [-0.25, -0.2) is 4.39 Å². The number of hydrogen-bond acceptors (Lipinski definition) is 3. The summed E-state index contributed by atoms with van der Waals surface area (Å²) in [5.41, 5.74) is 3.40. The summed E-state index contributed by atoms with van der Waals surface area (Å²) >= 11 is 6.87. The van der Waals surface area contributed by atoms with Crippen LogP contribution in [-0.2, 0) is 11.4 Å². The minimum absolute atomic E-state index is 0.00961. The zero-order valence-corrected chi connectivity index (χ0v) is 20.6. The van der Waals surface area contributed by atoms with Crippen LogP contribution in [0.1, 0.15) is 22.3 Å². The van der Waals surface area contributed by atoms with E-state index in [1.165, 1.54) is 12.1 Å². The minimum atomic E-state index is -0.530. The van der Waals surface area contributed by atoms with Gasteiger partial charge in [0.25, 0.3) is 5.91 Å². The van der Waals surface area contributed by atoms with Crippen molar-refractivity contribution in [3.8, 4) is 11.8 Å². The van der Waals surface area contributed by atoms with Crippen LogP contribution in [0.5, 0.6) is 5.75 Å². The van der Waals surface area contributed by atoms with Crippen LogP contribution in [-0.4, -0.2) is 5.91 Å². The molecule has 0 saturated carbocycles. The quantitative estimate of drug-likeness (QED) is 0.260. The minimum Gasteiger partial charge on any atom is -0.487 e. The number of nitrogens with one attached hydrogen (secondary N) is 1. The molecule has 0 radical (unpaired) electrons. The number of carbonyl (C=O) groups excluding carboxylic acids is 1. The summed E-state index contributed by atoms with van der Waals surface area (Å²) in [6.45, 7) is 3.84. The van der Waals surface area contributed by atoms with Crippen molar-refractivity contribution in [3.63, 3.8) is 0 Å². The number of anilines is 1. The molecule has 1 N–H and O–H groups in total. The molecule has 0 aromatic heterocycles. The summed E-state index contributed by atoms with van der Waals surface area (Å²) in [6, 6.07) is 17.4. The lowest BCUT2D eigenvalue weighted by molar-refractivity contribution is -0.112. The van der Waals surface area contributed by atoms with Gasteiger partial charge in [0.2, 0.25) is 0 Å². The van der Waals surface area contributed by atoms with Gasteiger partial charge in [0.15, 0.2) is 0 Å². The standard InChI is InChI=1S/C25H19Br2FN2O2/c1-15-6-5-9-23(16(15)2)30-25(31)19(13-29)10-18-11-20(26)12-21(27)24(18)32-14-17-7-3-4-8-22(17)28/h3-12H,14H2,1-2H3,(H,30,31)/b19-10+. The van der Waals surface area contributed by atoms with Gasteiger partial charge in [-0.3, -0.25) is 4.79 Å². The second-order valence-corrected chi connectivity index (χ2v) is 8.83. The number of amides is 1. The van der Waals surface area contributed by atoms with Gasteiger partial charge >= 0.3 is 0 Å². The molecule has 0 heterocycles. The molecule has 0 spiro atoms. The van der Waals surface area contributed by atoms with Gasteiger partial charge in [-0.15, -0.1) is 0 Å². The average molecular weight is 558 g/mol. The number of nitriles is 1. The Bertz CT molecular complexity index is 1250. The van der Waals surface area contributed by atoms with Crippen LogP contribution in [0.15, 0.2) is 69.1 Å². The predicted molar refractivity (Wildman–Crippen MR) is 131 cm³/mol. The molecule has 0 aliphatic heterocycles. The smallest absolute Gasteiger partial charge is 0.266 e. The summed E-state index contributed by atoms with van der Waals surface area (Å²) in [7, 11) is 0. The highest BCUT2D eigenvalue weighted by atomic mass is 79.9. The zero-order chi connectivity index (χ0) is 23.3. The van der Waals surface area contributed by atoms with Gasteiger partial charge in [-0.1, -0.05) is 46.3 Å². The SMILES string of the molecule is Cc1cccc(NC(=O)/C(C#N)=C/c2cc(Br)cc(Br)c2OCc2ccccc2F)c1C. The molecule has 3 aromatic carbocycles. The van der Waals surface area contributed by atoms with Crippen LogP contribution in [0.25, 0.3) is 6.08 Å². The van der Waals surface area contributed by atoms with E-state index in [2.05, 4.69) is 37.2 Å². The molecule has 0 bridgehead atoms. The number of aryl methyl sites for hydroxylation is 1. The van der Waals surface area contributed by atoms with E-state index in [1.54, 1.807) is 36.4 Å². The highest BCUT2D eigenvalue weighted by Gasteiger charge is 2.16. The fraction of sp³-hybridized carbons (Fsp3) is 0.120. The van der Waals surface area contributed by atoms with Crippen LogP contribution in [0.4, 0.5) is 10.1 Å². The third-order valence-electron chi connectivity index (χ3n) is 4.88. The molecule has 0 aliphatic carbocycles. The summed E-state index contributed by atoms with van der Waals surface area (Å²) in [4.78, 5) is 12.8. The van der Waals surface area contributed by atoms with Gasteiger partial charge in [-0.05, 0) is 71.2 Å². The monoisotopic (exact) mass is 556 g/mol. The molecule has 0 saturated heterocycles. The van der Waals surface area contributed by atoms with Crippen LogP contribution in [0.3, 0.4) is 0 Å². The first-order valence-electron chi connectivity index (χ1n) is 9.64. The number of carbonyl (C=O) groups is 1. The molecule has 3 rings (SSSR count). The molecule has 4 nitrogen and oxygen atoms in total. The molecule has 7 heteroatoms. The van der Waals surface area contributed by atoms with Crippen LogP contribution in [0, 0.1) is 31.0 Å². The molecular formula is C25H19Br2FN2O2. The predicted octanol–water partition coefficient (Wildman–Crippen LogP) is 7.09. The van der Waals surface area contributed by atoms with Crippen molar-refractivity contribution >= 4 is 49.5 Å². The van der Waals surface area contributed by atoms with E-state index in [-0.39, 0.29) is 18.0 Å². The fourth-order valence-corrected chi connectivity index (χ4v) is 4.36. The first-order valence-corrected chi connectivity index (χ1v) is 11.2. The van der Waals surface area contributed by atoms with Gasteiger partial charge in [0, 0.05) is 21.3 Å². The number of halogens is 3. The van der Waals surface area contributed by atoms with E-state index < -0.39 is 5.91 Å². The molecule has 1 amide bonds. The van der Waals surface area contributed by atoms with Crippen molar-refractivity contribution in [2.75, 3.05) is 5.32 Å². The van der Waals surface area contributed by atoms with Gasteiger partial charge in [0.05, 0.1) is 4.47 Å². The van der Waals surface area contributed by atoms with E-state index in [1.807, 2.05) is 32.0 Å². The molecule has 0 fully saturated rings. The van der Waals surface area contributed by atoms with Gasteiger partial charge in [0.1, 0.15) is 29.8 Å². The first kappa shape index (κ1) is 23.7. The van der Waals surface area contributed by atoms with E-state index in [0.29, 0.717) is 27.0 Å². The number of benzene rings is 3. The number of rotatable bonds is 6. The Morgan fingerprint density at radius 2 is 1.91 bits per heavy atom. The van der Waals surface area contributed by atoms with E-state index in [9.17, 15) is 14.4 Å². The summed E-state index contributed by atoms with van der Waals surface area (Å²) in [5, 5.41) is 12.4. The maximum absolute atomic E-state index is 14.0. The van der Waals surface area contributed by atoms with Gasteiger partial charge < -0.3 is 10.1 Å². The average Bonchev–Trinajstić information content (AvgIpc) is 2.75.